The van der Waals surface area contributed by atoms with Crippen molar-refractivity contribution in [2.45, 2.75) is 46.3 Å². The van der Waals surface area contributed by atoms with E-state index in [2.05, 4.69) is 31.1 Å². The van der Waals surface area contributed by atoms with E-state index in [0.717, 1.165) is 13.0 Å². The summed E-state index contributed by atoms with van der Waals surface area (Å²) in [6, 6.07) is 4.18. The topological polar surface area (TPSA) is 60.2 Å². The molecule has 2 atom stereocenters. The Morgan fingerprint density at radius 2 is 2.11 bits per heavy atom. The number of aromatic nitrogens is 1. The van der Waals surface area contributed by atoms with Crippen LogP contribution >= 0.6 is 0 Å². The van der Waals surface area contributed by atoms with Crippen LogP contribution in [-0.2, 0) is 11.2 Å². The van der Waals surface area contributed by atoms with Crippen LogP contribution in [0.5, 0.6) is 0 Å². The maximum Gasteiger partial charge on any atom is 0.123 e. The summed E-state index contributed by atoms with van der Waals surface area (Å²) in [5, 5.41) is 3.38. The molecule has 3 N–H and O–H groups in total. The molecule has 0 saturated heterocycles. The van der Waals surface area contributed by atoms with Gasteiger partial charge in [-0.1, -0.05) is 20.8 Å². The normalized spacial score (nSPS) is 15.2. The van der Waals surface area contributed by atoms with Crippen LogP contribution in [0.2, 0.25) is 0 Å². The molecule has 19 heavy (non-hydrogen) atoms. The van der Waals surface area contributed by atoms with Crippen LogP contribution in [0.25, 0.3) is 0 Å². The van der Waals surface area contributed by atoms with Gasteiger partial charge < -0.3 is 15.8 Å². The van der Waals surface area contributed by atoms with Crippen molar-refractivity contribution in [1.29, 1.82) is 0 Å². The lowest BCUT2D eigenvalue weighted by molar-refractivity contribution is -0.0340. The van der Waals surface area contributed by atoms with Crippen LogP contribution in [0, 0.1) is 5.41 Å². The number of nitrogens with zero attached hydrogens (tertiary/aromatic N) is 1. The van der Waals surface area contributed by atoms with E-state index in [4.69, 9.17) is 10.5 Å². The average molecular weight is 265 g/mol. The number of likely N-dealkylation sites (N-methyl/N-ethyl adjacent to an activating group) is 1. The third-order valence-electron chi connectivity index (χ3n) is 3.24. The molecule has 2 unspecified atom stereocenters. The zero-order chi connectivity index (χ0) is 14.5. The van der Waals surface area contributed by atoms with Gasteiger partial charge in [0.05, 0.1) is 6.10 Å². The number of anilines is 1. The first-order valence-electron chi connectivity index (χ1n) is 6.87. The molecule has 0 fully saturated rings. The van der Waals surface area contributed by atoms with Gasteiger partial charge in [-0.2, -0.15) is 0 Å². The summed E-state index contributed by atoms with van der Waals surface area (Å²) in [5.41, 5.74) is 7.00. The Bertz CT molecular complexity index is 387. The first-order chi connectivity index (χ1) is 8.88. The van der Waals surface area contributed by atoms with Crippen molar-refractivity contribution in [3.63, 3.8) is 0 Å². The maximum atomic E-state index is 5.95. The van der Waals surface area contributed by atoms with Gasteiger partial charge in [0.2, 0.25) is 0 Å². The molecule has 108 valence electrons. The highest BCUT2D eigenvalue weighted by molar-refractivity contribution is 5.32. The van der Waals surface area contributed by atoms with Crippen molar-refractivity contribution in [1.82, 2.24) is 10.3 Å². The second-order valence-electron chi connectivity index (χ2n) is 5.93. The monoisotopic (exact) mass is 265 g/mol. The summed E-state index contributed by atoms with van der Waals surface area (Å²) in [6.07, 6.45) is 2.78. The number of nitrogens with two attached hydrogens (primary N) is 1. The summed E-state index contributed by atoms with van der Waals surface area (Å²) in [7, 11) is 1.98. The predicted molar refractivity (Wildman–Crippen MR) is 80.1 cm³/mol. The minimum absolute atomic E-state index is 0.0856. The molecular formula is C15H27N3O. The number of nitrogens with one attached hydrogen (secondary N) is 1. The van der Waals surface area contributed by atoms with Gasteiger partial charge in [-0.05, 0) is 43.5 Å². The maximum absolute atomic E-state index is 5.95. The quantitative estimate of drug-likeness (QED) is 0.828. The number of rotatable bonds is 6. The van der Waals surface area contributed by atoms with Gasteiger partial charge in [-0.25, -0.2) is 4.98 Å². The van der Waals surface area contributed by atoms with Gasteiger partial charge in [-0.3, -0.25) is 0 Å². The number of nitrogen functional groups attached to an aromatic ring is 1. The molecule has 4 heteroatoms. The molecule has 0 bridgehead atoms. The summed E-state index contributed by atoms with van der Waals surface area (Å²) < 4.78 is 5.95. The Hall–Kier alpha value is -1.13. The molecule has 1 aromatic heterocycles. The van der Waals surface area contributed by atoms with Crippen molar-refractivity contribution in [2.24, 2.45) is 5.41 Å². The molecule has 0 saturated carbocycles. The van der Waals surface area contributed by atoms with E-state index in [1.54, 1.807) is 6.20 Å². The Morgan fingerprint density at radius 3 is 2.58 bits per heavy atom. The molecule has 4 nitrogen and oxygen atoms in total. The average Bonchev–Trinajstić information content (AvgIpc) is 2.32. The lowest BCUT2D eigenvalue weighted by Gasteiger charge is -2.36. The summed E-state index contributed by atoms with van der Waals surface area (Å²) in [4.78, 5) is 4.03. The van der Waals surface area contributed by atoms with Crippen molar-refractivity contribution in [2.75, 3.05) is 19.4 Å². The molecule has 0 aliphatic rings. The molecule has 0 aliphatic carbocycles. The fraction of sp³-hybridized carbons (Fsp3) is 0.667. The highest BCUT2D eigenvalue weighted by Gasteiger charge is 2.32. The molecule has 0 amide bonds. The summed E-state index contributed by atoms with van der Waals surface area (Å²) in [6.45, 7) is 9.38. The lowest BCUT2D eigenvalue weighted by atomic mass is 9.82. The van der Waals surface area contributed by atoms with Crippen molar-refractivity contribution in [3.8, 4) is 0 Å². The fourth-order valence-electron chi connectivity index (χ4n) is 2.39. The highest BCUT2D eigenvalue weighted by atomic mass is 16.5. The van der Waals surface area contributed by atoms with Crippen LogP contribution in [-0.4, -0.2) is 30.8 Å². The summed E-state index contributed by atoms with van der Waals surface area (Å²) >= 11 is 0. The highest BCUT2D eigenvalue weighted by Crippen LogP contribution is 2.26. The van der Waals surface area contributed by atoms with Gasteiger partial charge in [0, 0.05) is 18.8 Å². The van der Waals surface area contributed by atoms with E-state index in [0.29, 0.717) is 5.82 Å². The second kappa shape index (κ2) is 6.87. The molecule has 0 aliphatic heterocycles. The first-order valence-corrected chi connectivity index (χ1v) is 6.87. The van der Waals surface area contributed by atoms with Crippen molar-refractivity contribution < 1.29 is 4.74 Å². The largest absolute Gasteiger partial charge is 0.384 e. The van der Waals surface area contributed by atoms with Crippen LogP contribution in [0.15, 0.2) is 18.3 Å². The van der Waals surface area contributed by atoms with Gasteiger partial charge in [0.1, 0.15) is 5.82 Å². The zero-order valence-corrected chi connectivity index (χ0v) is 12.7. The first kappa shape index (κ1) is 15.9. The molecule has 1 rings (SSSR count). The van der Waals surface area contributed by atoms with E-state index in [1.165, 1.54) is 5.56 Å². The van der Waals surface area contributed by atoms with Gasteiger partial charge in [0.15, 0.2) is 0 Å². The van der Waals surface area contributed by atoms with Crippen LogP contribution in [0.1, 0.15) is 33.3 Å². The SMILES string of the molecule is CCOC(C(Cc1ccnc(N)c1)NC)C(C)(C)C. The molecule has 0 radical (unpaired) electrons. The predicted octanol–water partition coefficient (Wildman–Crippen LogP) is 2.25. The Morgan fingerprint density at radius 1 is 1.42 bits per heavy atom. The summed E-state index contributed by atoms with van der Waals surface area (Å²) in [5.74, 6) is 0.566. The Kier molecular flexibility index (Phi) is 5.76. The van der Waals surface area contributed by atoms with E-state index in [1.807, 2.05) is 26.1 Å². The van der Waals surface area contributed by atoms with Crippen LogP contribution in [0.3, 0.4) is 0 Å². The lowest BCUT2D eigenvalue weighted by Crippen LogP contribution is -2.48. The molecule has 1 aromatic rings. The molecule has 0 aromatic carbocycles. The number of pyridine rings is 1. The Balaban J connectivity index is 2.86. The molecule has 0 spiro atoms. The molecule has 1 heterocycles. The van der Waals surface area contributed by atoms with Crippen molar-refractivity contribution >= 4 is 5.82 Å². The standard InChI is InChI=1S/C15H27N3O/c1-6-19-14(15(2,3)4)12(17-5)9-11-7-8-18-13(16)10-11/h7-8,10,12,14,17H,6,9H2,1-5H3,(H2,16,18). The second-order valence-corrected chi connectivity index (χ2v) is 5.93. The minimum atomic E-state index is 0.0856. The third-order valence-corrected chi connectivity index (χ3v) is 3.24. The number of hydrogen-bond acceptors (Lipinski definition) is 4. The number of hydrogen-bond donors (Lipinski definition) is 2. The fourth-order valence-corrected chi connectivity index (χ4v) is 2.39. The van der Waals surface area contributed by atoms with Gasteiger partial charge in [-0.15, -0.1) is 0 Å². The minimum Gasteiger partial charge on any atom is -0.384 e. The van der Waals surface area contributed by atoms with E-state index in [-0.39, 0.29) is 17.6 Å². The number of ether oxygens (including phenoxy) is 1. The zero-order valence-electron chi connectivity index (χ0n) is 12.7. The van der Waals surface area contributed by atoms with Gasteiger partial charge in [0.25, 0.3) is 0 Å². The van der Waals surface area contributed by atoms with Crippen LogP contribution < -0.4 is 11.1 Å². The third kappa shape index (κ3) is 4.80. The van der Waals surface area contributed by atoms with E-state index in [9.17, 15) is 0 Å². The van der Waals surface area contributed by atoms with E-state index < -0.39 is 0 Å². The van der Waals surface area contributed by atoms with Gasteiger partial charge >= 0.3 is 0 Å². The smallest absolute Gasteiger partial charge is 0.123 e. The molecular weight excluding hydrogens is 238 g/mol. The van der Waals surface area contributed by atoms with E-state index >= 15 is 0 Å². The van der Waals surface area contributed by atoms with Crippen LogP contribution in [0.4, 0.5) is 5.82 Å². The Labute approximate surface area is 116 Å². The van der Waals surface area contributed by atoms with Crippen molar-refractivity contribution in [3.05, 3.63) is 23.9 Å².